The quantitative estimate of drug-likeness (QED) is 0.896. The van der Waals surface area contributed by atoms with Crippen molar-refractivity contribution in [1.29, 1.82) is 0 Å². The topological polar surface area (TPSA) is 35.6 Å². The summed E-state index contributed by atoms with van der Waals surface area (Å²) >= 11 is 0. The van der Waals surface area contributed by atoms with Gasteiger partial charge in [0.05, 0.1) is 0 Å². The molecule has 2 aliphatic heterocycles. The predicted octanol–water partition coefficient (Wildman–Crippen LogP) is 1.93. The minimum Gasteiger partial charge on any atom is -0.341 e. The maximum absolute atomic E-state index is 13.8. The van der Waals surface area contributed by atoms with Crippen LogP contribution < -0.4 is 5.32 Å². The summed E-state index contributed by atoms with van der Waals surface area (Å²) in [4.78, 5) is 17.1. The highest BCUT2D eigenvalue weighted by molar-refractivity contribution is 5.85. The van der Waals surface area contributed by atoms with Gasteiger partial charge in [0, 0.05) is 51.2 Å². The van der Waals surface area contributed by atoms with E-state index < -0.39 is 0 Å². The van der Waals surface area contributed by atoms with Gasteiger partial charge in [0.1, 0.15) is 5.82 Å². The molecule has 2 saturated heterocycles. The molecule has 6 heteroatoms. The van der Waals surface area contributed by atoms with Crippen molar-refractivity contribution in [2.24, 2.45) is 5.92 Å². The number of piperazine rings is 1. The van der Waals surface area contributed by atoms with E-state index in [0.717, 1.165) is 45.7 Å². The number of likely N-dealkylation sites (tertiary alicyclic amines) is 1. The zero-order valence-corrected chi connectivity index (χ0v) is 15.0. The Labute approximate surface area is 149 Å². The third-order valence-corrected chi connectivity index (χ3v) is 5.05. The lowest BCUT2D eigenvalue weighted by atomic mass is 9.99. The first-order chi connectivity index (χ1) is 11.1. The van der Waals surface area contributed by atoms with Gasteiger partial charge in [-0.15, -0.1) is 12.4 Å². The average Bonchev–Trinajstić information content (AvgIpc) is 3.07. The van der Waals surface area contributed by atoms with Crippen LogP contribution in [-0.2, 0) is 11.2 Å². The fraction of sp³-hybridized carbons (Fsp3) is 0.611. The van der Waals surface area contributed by atoms with E-state index in [0.29, 0.717) is 18.0 Å². The van der Waals surface area contributed by atoms with Crippen LogP contribution in [0.5, 0.6) is 0 Å². The lowest BCUT2D eigenvalue weighted by Gasteiger charge is -2.32. The number of rotatable bonds is 4. The van der Waals surface area contributed by atoms with Crippen molar-refractivity contribution < 1.29 is 9.18 Å². The SMILES string of the molecule is CC(Cc1ccccc1F)C(=O)N1CCC(N2CCNCC2)C1.Cl. The lowest BCUT2D eigenvalue weighted by molar-refractivity contribution is -0.134. The maximum Gasteiger partial charge on any atom is 0.225 e. The summed E-state index contributed by atoms with van der Waals surface area (Å²) in [5, 5.41) is 3.37. The number of nitrogens with zero attached hydrogens (tertiary/aromatic N) is 2. The van der Waals surface area contributed by atoms with E-state index in [1.165, 1.54) is 6.07 Å². The molecule has 2 heterocycles. The van der Waals surface area contributed by atoms with E-state index in [4.69, 9.17) is 0 Å². The van der Waals surface area contributed by atoms with Gasteiger partial charge in [0.2, 0.25) is 5.91 Å². The highest BCUT2D eigenvalue weighted by Crippen LogP contribution is 2.20. The maximum atomic E-state index is 13.8. The minimum absolute atomic E-state index is 0. The molecule has 0 aliphatic carbocycles. The standard InChI is InChI=1S/C18H26FN3O.ClH/c1-14(12-15-4-2-3-5-17(15)19)18(23)22-9-6-16(13-22)21-10-7-20-8-11-21;/h2-5,14,16,20H,6-13H2,1H3;1H. The van der Waals surface area contributed by atoms with Crippen molar-refractivity contribution in [3.8, 4) is 0 Å². The molecule has 0 saturated carbocycles. The largest absolute Gasteiger partial charge is 0.341 e. The number of benzene rings is 1. The molecule has 1 aromatic carbocycles. The number of hydrogen-bond acceptors (Lipinski definition) is 3. The van der Waals surface area contributed by atoms with Crippen molar-refractivity contribution in [1.82, 2.24) is 15.1 Å². The van der Waals surface area contributed by atoms with Crippen molar-refractivity contribution >= 4 is 18.3 Å². The first-order valence-corrected chi connectivity index (χ1v) is 8.62. The van der Waals surface area contributed by atoms with Gasteiger partial charge >= 0.3 is 0 Å². The first-order valence-electron chi connectivity index (χ1n) is 8.62. The Morgan fingerprint density at radius 2 is 2.00 bits per heavy atom. The molecule has 0 radical (unpaired) electrons. The Kier molecular flexibility index (Phi) is 7.02. The molecule has 4 nitrogen and oxygen atoms in total. The summed E-state index contributed by atoms with van der Waals surface area (Å²) in [5.74, 6) is -0.230. The number of amides is 1. The van der Waals surface area contributed by atoms with E-state index in [1.807, 2.05) is 17.9 Å². The lowest BCUT2D eigenvalue weighted by Crippen LogP contribution is -2.49. The van der Waals surface area contributed by atoms with Crippen LogP contribution in [0.4, 0.5) is 4.39 Å². The van der Waals surface area contributed by atoms with Crippen LogP contribution in [0.2, 0.25) is 0 Å². The van der Waals surface area contributed by atoms with Crippen LogP contribution in [0, 0.1) is 11.7 Å². The number of nitrogens with one attached hydrogen (secondary N) is 1. The van der Waals surface area contributed by atoms with Gasteiger partial charge in [0.15, 0.2) is 0 Å². The van der Waals surface area contributed by atoms with Crippen molar-refractivity contribution in [3.05, 3.63) is 35.6 Å². The van der Waals surface area contributed by atoms with Crippen LogP contribution in [0.1, 0.15) is 18.9 Å². The van der Waals surface area contributed by atoms with Gasteiger partial charge in [-0.25, -0.2) is 4.39 Å². The summed E-state index contributed by atoms with van der Waals surface area (Å²) in [7, 11) is 0. The second kappa shape index (κ2) is 8.79. The van der Waals surface area contributed by atoms with Gasteiger partial charge in [-0.05, 0) is 24.5 Å². The fourth-order valence-electron chi connectivity index (χ4n) is 3.68. The molecule has 3 rings (SSSR count). The molecule has 24 heavy (non-hydrogen) atoms. The van der Waals surface area contributed by atoms with E-state index >= 15 is 0 Å². The molecule has 2 aliphatic rings. The van der Waals surface area contributed by atoms with E-state index in [1.54, 1.807) is 12.1 Å². The first kappa shape index (κ1) is 19.2. The van der Waals surface area contributed by atoms with Crippen molar-refractivity contribution in [2.75, 3.05) is 39.3 Å². The molecular formula is C18H27ClFN3O. The summed E-state index contributed by atoms with van der Waals surface area (Å²) in [6.07, 6.45) is 1.53. The summed E-state index contributed by atoms with van der Waals surface area (Å²) < 4.78 is 13.8. The smallest absolute Gasteiger partial charge is 0.225 e. The molecule has 1 amide bonds. The molecule has 1 aromatic rings. The monoisotopic (exact) mass is 355 g/mol. The van der Waals surface area contributed by atoms with Crippen LogP contribution >= 0.6 is 12.4 Å². The number of hydrogen-bond donors (Lipinski definition) is 1. The molecule has 0 aromatic heterocycles. The third-order valence-electron chi connectivity index (χ3n) is 5.05. The highest BCUT2D eigenvalue weighted by Gasteiger charge is 2.32. The van der Waals surface area contributed by atoms with Gasteiger partial charge in [-0.3, -0.25) is 9.69 Å². The molecule has 2 atom stereocenters. The van der Waals surface area contributed by atoms with E-state index in [2.05, 4.69) is 10.2 Å². The second-order valence-electron chi connectivity index (χ2n) is 6.71. The zero-order chi connectivity index (χ0) is 16.2. The van der Waals surface area contributed by atoms with Gasteiger partial charge < -0.3 is 10.2 Å². The Bertz CT molecular complexity index is 551. The van der Waals surface area contributed by atoms with Crippen LogP contribution in [0.25, 0.3) is 0 Å². The number of halogens is 2. The van der Waals surface area contributed by atoms with Gasteiger partial charge in [-0.2, -0.15) is 0 Å². The highest BCUT2D eigenvalue weighted by atomic mass is 35.5. The molecule has 0 spiro atoms. The molecule has 134 valence electrons. The predicted molar refractivity (Wildman–Crippen MR) is 95.9 cm³/mol. The number of carbonyl (C=O) groups excluding carboxylic acids is 1. The van der Waals surface area contributed by atoms with Gasteiger partial charge in [0.25, 0.3) is 0 Å². The molecule has 2 fully saturated rings. The van der Waals surface area contributed by atoms with Crippen molar-refractivity contribution in [2.45, 2.75) is 25.8 Å². The van der Waals surface area contributed by atoms with E-state index in [9.17, 15) is 9.18 Å². The van der Waals surface area contributed by atoms with Crippen LogP contribution in [-0.4, -0.2) is 61.0 Å². The van der Waals surface area contributed by atoms with Crippen molar-refractivity contribution in [3.63, 3.8) is 0 Å². The fourth-order valence-corrected chi connectivity index (χ4v) is 3.68. The third kappa shape index (κ3) is 4.47. The molecule has 1 N–H and O–H groups in total. The Balaban J connectivity index is 0.00000208. The minimum atomic E-state index is -0.215. The van der Waals surface area contributed by atoms with Crippen LogP contribution in [0.15, 0.2) is 24.3 Å². The summed E-state index contributed by atoms with van der Waals surface area (Å²) in [6, 6.07) is 7.23. The average molecular weight is 356 g/mol. The van der Waals surface area contributed by atoms with E-state index in [-0.39, 0.29) is 30.0 Å². The number of carbonyl (C=O) groups is 1. The Morgan fingerprint density at radius 1 is 1.29 bits per heavy atom. The molecule has 2 unspecified atom stereocenters. The molecule has 0 bridgehead atoms. The zero-order valence-electron chi connectivity index (χ0n) is 14.2. The van der Waals surface area contributed by atoms with Crippen LogP contribution in [0.3, 0.4) is 0 Å². The van der Waals surface area contributed by atoms with Gasteiger partial charge in [-0.1, -0.05) is 25.1 Å². The summed E-state index contributed by atoms with van der Waals surface area (Å²) in [6.45, 7) is 7.76. The molecular weight excluding hydrogens is 329 g/mol. The normalized spacial score (nSPS) is 22.9. The Hall–Kier alpha value is -1.17. The Morgan fingerprint density at radius 3 is 2.71 bits per heavy atom. The second-order valence-corrected chi connectivity index (χ2v) is 6.71. The summed E-state index contributed by atoms with van der Waals surface area (Å²) in [5.41, 5.74) is 0.631.